The van der Waals surface area contributed by atoms with Crippen molar-refractivity contribution in [3.63, 3.8) is 0 Å². The van der Waals surface area contributed by atoms with Crippen LogP contribution in [0, 0.1) is 5.92 Å². The van der Waals surface area contributed by atoms with Crippen molar-refractivity contribution in [1.82, 2.24) is 9.80 Å². The molecule has 5 heteroatoms. The van der Waals surface area contributed by atoms with Crippen LogP contribution in [0.25, 0.3) is 0 Å². The number of nitrogens with zero attached hydrogens (tertiary/aromatic N) is 2. The van der Waals surface area contributed by atoms with Gasteiger partial charge in [-0.05, 0) is 13.8 Å². The van der Waals surface area contributed by atoms with Gasteiger partial charge in [-0.15, -0.1) is 0 Å². The Kier molecular flexibility index (Phi) is 6.12. The zero-order chi connectivity index (χ0) is 13.5. The van der Waals surface area contributed by atoms with Crippen LogP contribution in [-0.2, 0) is 14.3 Å². The highest BCUT2D eigenvalue weighted by molar-refractivity contribution is 5.79. The quantitative estimate of drug-likeness (QED) is 0.631. The molecule has 0 saturated carbocycles. The second-order valence-electron chi connectivity index (χ2n) is 4.72. The molecule has 0 aromatic carbocycles. The van der Waals surface area contributed by atoms with Gasteiger partial charge in [-0.2, -0.15) is 0 Å². The van der Waals surface area contributed by atoms with Crippen molar-refractivity contribution >= 4 is 11.8 Å². The predicted octanol–water partition coefficient (Wildman–Crippen LogP) is 0.740. The smallest absolute Gasteiger partial charge is 0.224 e. The Balaban J connectivity index is 2.30. The van der Waals surface area contributed by atoms with Gasteiger partial charge in [0.15, 0.2) is 0 Å². The maximum atomic E-state index is 11.8. The van der Waals surface area contributed by atoms with E-state index >= 15 is 0 Å². The number of hydrogen-bond acceptors (Lipinski definition) is 3. The fourth-order valence-electron chi connectivity index (χ4n) is 2.27. The van der Waals surface area contributed by atoms with Crippen LogP contribution in [-0.4, -0.2) is 61.5 Å². The number of hydrogen-bond donors (Lipinski definition) is 0. The van der Waals surface area contributed by atoms with E-state index in [4.69, 9.17) is 4.74 Å². The summed E-state index contributed by atoms with van der Waals surface area (Å²) in [5, 5.41) is 0. The number of rotatable bonds is 7. The Morgan fingerprint density at radius 2 is 2.22 bits per heavy atom. The molecular weight excluding hydrogens is 232 g/mol. The molecule has 104 valence electrons. The SMILES string of the molecule is CCOCCC(=O)N(C)CC1CC(=O)N(CC)C1. The van der Waals surface area contributed by atoms with Gasteiger partial charge in [0.2, 0.25) is 11.8 Å². The van der Waals surface area contributed by atoms with E-state index in [0.717, 1.165) is 13.1 Å². The molecule has 1 aliphatic rings. The molecule has 0 radical (unpaired) electrons. The normalized spacial score (nSPS) is 19.4. The summed E-state index contributed by atoms with van der Waals surface area (Å²) in [6, 6.07) is 0. The van der Waals surface area contributed by atoms with E-state index in [9.17, 15) is 9.59 Å². The van der Waals surface area contributed by atoms with Crippen molar-refractivity contribution < 1.29 is 14.3 Å². The van der Waals surface area contributed by atoms with Crippen LogP contribution >= 0.6 is 0 Å². The summed E-state index contributed by atoms with van der Waals surface area (Å²) in [4.78, 5) is 26.9. The first-order valence-electron chi connectivity index (χ1n) is 6.67. The second kappa shape index (κ2) is 7.36. The summed E-state index contributed by atoms with van der Waals surface area (Å²) >= 11 is 0. The lowest BCUT2D eigenvalue weighted by atomic mass is 10.1. The third kappa shape index (κ3) is 4.29. The Bertz CT molecular complexity index is 294. The first-order valence-corrected chi connectivity index (χ1v) is 6.67. The van der Waals surface area contributed by atoms with Crippen LogP contribution in [0.3, 0.4) is 0 Å². The van der Waals surface area contributed by atoms with E-state index in [1.54, 1.807) is 11.9 Å². The molecule has 0 aromatic rings. The Morgan fingerprint density at radius 3 is 2.78 bits per heavy atom. The molecule has 0 aliphatic carbocycles. The first-order chi connectivity index (χ1) is 8.58. The molecule has 1 rings (SSSR count). The van der Waals surface area contributed by atoms with Gasteiger partial charge in [-0.3, -0.25) is 9.59 Å². The van der Waals surface area contributed by atoms with Crippen LogP contribution < -0.4 is 0 Å². The standard InChI is InChI=1S/C13H24N2O3/c1-4-15-10-11(8-13(15)17)9-14(3)12(16)6-7-18-5-2/h11H,4-10H2,1-3H3. The van der Waals surface area contributed by atoms with Crippen LogP contribution in [0.2, 0.25) is 0 Å². The third-order valence-electron chi connectivity index (χ3n) is 3.30. The molecular formula is C13H24N2O3. The number of ether oxygens (including phenoxy) is 1. The summed E-state index contributed by atoms with van der Waals surface area (Å²) in [5.74, 6) is 0.571. The minimum absolute atomic E-state index is 0.0887. The zero-order valence-electron chi connectivity index (χ0n) is 11.6. The van der Waals surface area contributed by atoms with Crippen LogP contribution in [0.4, 0.5) is 0 Å². The van der Waals surface area contributed by atoms with Gasteiger partial charge in [0.1, 0.15) is 0 Å². The van der Waals surface area contributed by atoms with Crippen molar-refractivity contribution in [1.29, 1.82) is 0 Å². The fraction of sp³-hybridized carbons (Fsp3) is 0.846. The van der Waals surface area contributed by atoms with Crippen LogP contribution in [0.5, 0.6) is 0 Å². The van der Waals surface area contributed by atoms with Gasteiger partial charge >= 0.3 is 0 Å². The molecule has 18 heavy (non-hydrogen) atoms. The number of carbonyl (C=O) groups is 2. The molecule has 5 nitrogen and oxygen atoms in total. The van der Waals surface area contributed by atoms with E-state index < -0.39 is 0 Å². The summed E-state index contributed by atoms with van der Waals surface area (Å²) < 4.78 is 5.17. The summed E-state index contributed by atoms with van der Waals surface area (Å²) in [5.41, 5.74) is 0. The largest absolute Gasteiger partial charge is 0.381 e. The van der Waals surface area contributed by atoms with Crippen molar-refractivity contribution in [3.8, 4) is 0 Å². The molecule has 1 aliphatic heterocycles. The topological polar surface area (TPSA) is 49.9 Å². The maximum Gasteiger partial charge on any atom is 0.224 e. The Labute approximate surface area is 109 Å². The van der Waals surface area contributed by atoms with Gasteiger partial charge in [-0.1, -0.05) is 0 Å². The van der Waals surface area contributed by atoms with Gasteiger partial charge < -0.3 is 14.5 Å². The third-order valence-corrected chi connectivity index (χ3v) is 3.30. The summed E-state index contributed by atoms with van der Waals surface area (Å²) in [6.45, 7) is 7.21. The Hall–Kier alpha value is -1.10. The molecule has 1 unspecified atom stereocenters. The summed E-state index contributed by atoms with van der Waals surface area (Å²) in [7, 11) is 1.80. The average Bonchev–Trinajstić information content (AvgIpc) is 2.69. The highest BCUT2D eigenvalue weighted by Gasteiger charge is 2.29. The number of amides is 2. The lowest BCUT2D eigenvalue weighted by Gasteiger charge is -2.21. The average molecular weight is 256 g/mol. The molecule has 1 heterocycles. The lowest BCUT2D eigenvalue weighted by molar-refractivity contribution is -0.132. The molecule has 0 aromatic heterocycles. The molecule has 0 N–H and O–H groups in total. The van der Waals surface area contributed by atoms with Crippen molar-refractivity contribution in [3.05, 3.63) is 0 Å². The highest BCUT2D eigenvalue weighted by Crippen LogP contribution is 2.18. The van der Waals surface area contributed by atoms with Crippen LogP contribution in [0.15, 0.2) is 0 Å². The van der Waals surface area contributed by atoms with E-state index in [2.05, 4.69) is 0 Å². The van der Waals surface area contributed by atoms with E-state index in [1.165, 1.54) is 0 Å². The predicted molar refractivity (Wildman–Crippen MR) is 69.1 cm³/mol. The highest BCUT2D eigenvalue weighted by atomic mass is 16.5. The van der Waals surface area contributed by atoms with Gasteiger partial charge in [0, 0.05) is 45.6 Å². The minimum atomic E-state index is 0.0887. The lowest BCUT2D eigenvalue weighted by Crippen LogP contribution is -2.33. The van der Waals surface area contributed by atoms with Crippen molar-refractivity contribution in [2.24, 2.45) is 5.92 Å². The molecule has 0 bridgehead atoms. The summed E-state index contributed by atoms with van der Waals surface area (Å²) in [6.07, 6.45) is 0.986. The van der Waals surface area contributed by atoms with Gasteiger partial charge in [-0.25, -0.2) is 0 Å². The van der Waals surface area contributed by atoms with Gasteiger partial charge in [0.05, 0.1) is 13.0 Å². The Morgan fingerprint density at radius 1 is 1.50 bits per heavy atom. The second-order valence-corrected chi connectivity index (χ2v) is 4.72. The van der Waals surface area contributed by atoms with E-state index in [-0.39, 0.29) is 17.7 Å². The van der Waals surface area contributed by atoms with E-state index in [1.807, 2.05) is 18.7 Å². The molecule has 0 spiro atoms. The maximum absolute atomic E-state index is 11.8. The number of carbonyl (C=O) groups excluding carboxylic acids is 2. The van der Waals surface area contributed by atoms with Gasteiger partial charge in [0.25, 0.3) is 0 Å². The van der Waals surface area contributed by atoms with Crippen molar-refractivity contribution in [2.45, 2.75) is 26.7 Å². The number of likely N-dealkylation sites (tertiary alicyclic amines) is 1. The molecule has 2 amide bonds. The molecule has 1 saturated heterocycles. The van der Waals surface area contributed by atoms with Crippen LogP contribution in [0.1, 0.15) is 26.7 Å². The first kappa shape index (κ1) is 15.0. The molecule has 1 fully saturated rings. The fourth-order valence-corrected chi connectivity index (χ4v) is 2.27. The monoisotopic (exact) mass is 256 g/mol. The van der Waals surface area contributed by atoms with E-state index in [0.29, 0.717) is 32.6 Å². The van der Waals surface area contributed by atoms with Crippen molar-refractivity contribution in [2.75, 3.05) is 39.9 Å². The molecule has 1 atom stereocenters. The minimum Gasteiger partial charge on any atom is -0.381 e. The zero-order valence-corrected chi connectivity index (χ0v) is 11.6.